The van der Waals surface area contributed by atoms with Crippen LogP contribution in [0.4, 0.5) is 4.39 Å². The summed E-state index contributed by atoms with van der Waals surface area (Å²) in [4.78, 5) is 0. The molecule has 2 aromatic rings. The fourth-order valence-corrected chi connectivity index (χ4v) is 1.95. The summed E-state index contributed by atoms with van der Waals surface area (Å²) in [7, 11) is 0. The minimum Gasteiger partial charge on any atom is -0.326 e. The van der Waals surface area contributed by atoms with Crippen LogP contribution in [0.3, 0.4) is 0 Å². The largest absolute Gasteiger partial charge is 0.326 e. The molecule has 0 aliphatic heterocycles. The summed E-state index contributed by atoms with van der Waals surface area (Å²) >= 11 is 3.42. The molecule has 5 heteroatoms. The number of aryl methyl sites for hydroxylation is 1. The van der Waals surface area contributed by atoms with Gasteiger partial charge in [-0.1, -0.05) is 6.07 Å². The second-order valence-electron chi connectivity index (χ2n) is 3.89. The molecule has 0 saturated heterocycles. The van der Waals surface area contributed by atoms with Crippen molar-refractivity contribution in [3.8, 4) is 5.69 Å². The van der Waals surface area contributed by atoms with E-state index in [-0.39, 0.29) is 5.82 Å². The van der Waals surface area contributed by atoms with Crippen molar-refractivity contribution in [2.75, 3.05) is 0 Å². The van der Waals surface area contributed by atoms with Crippen molar-refractivity contribution in [3.05, 3.63) is 45.4 Å². The zero-order valence-electron chi connectivity index (χ0n) is 9.67. The number of nitrogens with two attached hydrogens (primary N) is 1. The standard InChI is InChI=1S/C12H13BrFN3/c1-7-12(13)8(2)17(16-7)11-4-3-9(6-15)5-10(11)14/h3-5H,6,15H2,1-2H3. The van der Waals surface area contributed by atoms with Crippen molar-refractivity contribution < 1.29 is 4.39 Å². The van der Waals surface area contributed by atoms with Gasteiger partial charge in [0.15, 0.2) is 0 Å². The molecule has 2 rings (SSSR count). The number of benzene rings is 1. The molecule has 3 nitrogen and oxygen atoms in total. The fraction of sp³-hybridized carbons (Fsp3) is 0.250. The molecular weight excluding hydrogens is 285 g/mol. The Morgan fingerprint density at radius 2 is 2.12 bits per heavy atom. The maximum absolute atomic E-state index is 13.9. The Hall–Kier alpha value is -1.20. The molecule has 0 aliphatic carbocycles. The van der Waals surface area contributed by atoms with Crippen molar-refractivity contribution in [3.63, 3.8) is 0 Å². The van der Waals surface area contributed by atoms with E-state index in [1.165, 1.54) is 6.07 Å². The Bertz CT molecular complexity index is 563. The highest BCUT2D eigenvalue weighted by atomic mass is 79.9. The summed E-state index contributed by atoms with van der Waals surface area (Å²) in [6.07, 6.45) is 0. The molecule has 0 amide bonds. The van der Waals surface area contributed by atoms with Crippen LogP contribution < -0.4 is 5.73 Å². The average Bonchev–Trinajstić information content (AvgIpc) is 2.57. The highest BCUT2D eigenvalue weighted by Gasteiger charge is 2.13. The monoisotopic (exact) mass is 297 g/mol. The van der Waals surface area contributed by atoms with Crippen LogP contribution in [0.5, 0.6) is 0 Å². The van der Waals surface area contributed by atoms with Crippen LogP contribution in [0.2, 0.25) is 0 Å². The Kier molecular flexibility index (Phi) is 3.31. The van der Waals surface area contributed by atoms with Crippen molar-refractivity contribution in [2.24, 2.45) is 5.73 Å². The summed E-state index contributed by atoms with van der Waals surface area (Å²) in [5.74, 6) is -0.314. The summed E-state index contributed by atoms with van der Waals surface area (Å²) < 4.78 is 16.4. The highest BCUT2D eigenvalue weighted by molar-refractivity contribution is 9.10. The lowest BCUT2D eigenvalue weighted by atomic mass is 10.2. The van der Waals surface area contributed by atoms with Crippen molar-refractivity contribution in [1.82, 2.24) is 9.78 Å². The zero-order chi connectivity index (χ0) is 12.6. The topological polar surface area (TPSA) is 43.8 Å². The van der Waals surface area contributed by atoms with Gasteiger partial charge < -0.3 is 5.73 Å². The SMILES string of the molecule is Cc1nn(-c2ccc(CN)cc2F)c(C)c1Br. The molecule has 0 fully saturated rings. The van der Waals surface area contributed by atoms with Crippen molar-refractivity contribution in [1.29, 1.82) is 0 Å². The van der Waals surface area contributed by atoms with Gasteiger partial charge in [0.25, 0.3) is 0 Å². The summed E-state index contributed by atoms with van der Waals surface area (Å²) in [5.41, 5.74) is 8.39. The number of hydrogen-bond acceptors (Lipinski definition) is 2. The third kappa shape index (κ3) is 2.12. The number of aromatic nitrogens is 2. The predicted octanol–water partition coefficient (Wildman–Crippen LogP) is 2.85. The van der Waals surface area contributed by atoms with Gasteiger partial charge in [-0.3, -0.25) is 0 Å². The molecule has 2 N–H and O–H groups in total. The minimum atomic E-state index is -0.314. The van der Waals surface area contributed by atoms with Crippen LogP contribution >= 0.6 is 15.9 Å². The lowest BCUT2D eigenvalue weighted by molar-refractivity contribution is 0.605. The zero-order valence-corrected chi connectivity index (χ0v) is 11.3. The second-order valence-corrected chi connectivity index (χ2v) is 4.68. The van der Waals surface area contributed by atoms with E-state index in [1.807, 2.05) is 19.9 Å². The van der Waals surface area contributed by atoms with E-state index in [9.17, 15) is 4.39 Å². The van der Waals surface area contributed by atoms with Gasteiger partial charge in [0.05, 0.1) is 15.9 Å². The van der Waals surface area contributed by atoms with Crippen LogP contribution in [0, 0.1) is 19.7 Å². The lowest BCUT2D eigenvalue weighted by Gasteiger charge is -2.07. The first-order valence-corrected chi connectivity index (χ1v) is 6.04. The number of nitrogens with zero attached hydrogens (tertiary/aromatic N) is 2. The van der Waals surface area contributed by atoms with Gasteiger partial charge in [0, 0.05) is 6.54 Å². The molecule has 17 heavy (non-hydrogen) atoms. The van der Waals surface area contributed by atoms with Crippen molar-refractivity contribution >= 4 is 15.9 Å². The average molecular weight is 298 g/mol. The van der Waals surface area contributed by atoms with Gasteiger partial charge in [0.1, 0.15) is 11.5 Å². The fourth-order valence-electron chi connectivity index (χ4n) is 1.71. The minimum absolute atomic E-state index is 0.314. The van der Waals surface area contributed by atoms with Gasteiger partial charge in [-0.2, -0.15) is 5.10 Å². The lowest BCUT2D eigenvalue weighted by Crippen LogP contribution is -2.04. The van der Waals surface area contributed by atoms with E-state index in [2.05, 4.69) is 21.0 Å². The van der Waals surface area contributed by atoms with E-state index >= 15 is 0 Å². The Labute approximate surface area is 108 Å². The number of rotatable bonds is 2. The van der Waals surface area contributed by atoms with Crippen LogP contribution in [0.25, 0.3) is 5.69 Å². The normalized spacial score (nSPS) is 10.9. The third-order valence-electron chi connectivity index (χ3n) is 2.68. The van der Waals surface area contributed by atoms with E-state index in [1.54, 1.807) is 10.7 Å². The molecule has 0 bridgehead atoms. The highest BCUT2D eigenvalue weighted by Crippen LogP contribution is 2.24. The molecular formula is C12H13BrFN3. The van der Waals surface area contributed by atoms with Gasteiger partial charge in [0.2, 0.25) is 0 Å². The molecule has 0 radical (unpaired) electrons. The van der Waals surface area contributed by atoms with Crippen LogP contribution in [-0.4, -0.2) is 9.78 Å². The van der Waals surface area contributed by atoms with Gasteiger partial charge >= 0.3 is 0 Å². The second kappa shape index (κ2) is 4.58. The predicted molar refractivity (Wildman–Crippen MR) is 68.6 cm³/mol. The van der Waals surface area contributed by atoms with E-state index < -0.39 is 0 Å². The Morgan fingerprint density at radius 1 is 1.41 bits per heavy atom. The Balaban J connectivity index is 2.57. The van der Waals surface area contributed by atoms with E-state index in [0.717, 1.165) is 21.4 Å². The molecule has 1 aromatic heterocycles. The first-order chi connectivity index (χ1) is 8.04. The smallest absolute Gasteiger partial charge is 0.149 e. The molecule has 90 valence electrons. The van der Waals surface area contributed by atoms with Gasteiger partial charge in [-0.15, -0.1) is 0 Å². The van der Waals surface area contributed by atoms with Crippen molar-refractivity contribution in [2.45, 2.75) is 20.4 Å². The molecule has 0 aliphatic rings. The van der Waals surface area contributed by atoms with Gasteiger partial charge in [-0.05, 0) is 47.5 Å². The molecule has 0 saturated carbocycles. The summed E-state index contributed by atoms with van der Waals surface area (Å²) in [5, 5.41) is 4.29. The summed E-state index contributed by atoms with van der Waals surface area (Å²) in [6.45, 7) is 4.10. The first-order valence-electron chi connectivity index (χ1n) is 5.25. The molecule has 0 unspecified atom stereocenters. The van der Waals surface area contributed by atoms with Crippen LogP contribution in [-0.2, 0) is 6.54 Å². The maximum atomic E-state index is 13.9. The molecule has 1 heterocycles. The quantitative estimate of drug-likeness (QED) is 0.926. The van der Waals surface area contributed by atoms with Crippen LogP contribution in [0.15, 0.2) is 22.7 Å². The van der Waals surface area contributed by atoms with Crippen LogP contribution in [0.1, 0.15) is 17.0 Å². The number of hydrogen-bond donors (Lipinski definition) is 1. The van der Waals surface area contributed by atoms with Gasteiger partial charge in [-0.25, -0.2) is 9.07 Å². The summed E-state index contributed by atoms with van der Waals surface area (Å²) in [6, 6.07) is 4.95. The van der Waals surface area contributed by atoms with E-state index in [0.29, 0.717) is 12.2 Å². The maximum Gasteiger partial charge on any atom is 0.149 e. The first kappa shape index (κ1) is 12.3. The number of halogens is 2. The molecule has 0 spiro atoms. The van der Waals surface area contributed by atoms with E-state index in [4.69, 9.17) is 5.73 Å². The molecule has 1 aromatic carbocycles. The third-order valence-corrected chi connectivity index (χ3v) is 3.83. The Morgan fingerprint density at radius 3 is 2.59 bits per heavy atom. The molecule has 0 atom stereocenters.